The smallest absolute Gasteiger partial charge is 0.259 e. The fourth-order valence-electron chi connectivity index (χ4n) is 1.63. The highest BCUT2D eigenvalue weighted by molar-refractivity contribution is 7.80. The Balaban J connectivity index is 2.59. The molecule has 0 bridgehead atoms. The van der Waals surface area contributed by atoms with Crippen molar-refractivity contribution >= 4 is 34.8 Å². The summed E-state index contributed by atoms with van der Waals surface area (Å²) in [5.74, 6) is 0.415. The lowest BCUT2D eigenvalue weighted by molar-refractivity contribution is 0.248. The van der Waals surface area contributed by atoms with E-state index in [2.05, 4.69) is 9.71 Å². The highest BCUT2D eigenvalue weighted by atomic mass is 35.5. The van der Waals surface area contributed by atoms with E-state index in [-0.39, 0.29) is 29.0 Å². The van der Waals surface area contributed by atoms with Gasteiger partial charge in [0.2, 0.25) is 5.89 Å². The van der Waals surface area contributed by atoms with Crippen molar-refractivity contribution in [3.05, 3.63) is 34.7 Å². The van der Waals surface area contributed by atoms with E-state index in [0.717, 1.165) is 6.21 Å². The zero-order valence-electron chi connectivity index (χ0n) is 9.96. The van der Waals surface area contributed by atoms with Gasteiger partial charge in [0.05, 0.1) is 11.9 Å². The predicted molar refractivity (Wildman–Crippen MR) is 75.2 cm³/mol. The standard InChI is InChI=1S/C11H10ClN3O4S/c12-6-1-8(11-14-4-7(5-16)19-11)9(3-13)10(2-6)15-20(17)18/h1-4,13,15-16H,5H2,(H,17,18). The Hall–Kier alpha value is -1.74. The molecule has 9 heteroatoms. The molecular formula is C11H10ClN3O4S. The van der Waals surface area contributed by atoms with Gasteiger partial charge in [-0.1, -0.05) is 11.6 Å². The van der Waals surface area contributed by atoms with Gasteiger partial charge < -0.3 is 14.9 Å². The molecule has 106 valence electrons. The first kappa shape index (κ1) is 14.7. The lowest BCUT2D eigenvalue weighted by Gasteiger charge is -2.10. The number of hydrogen-bond donors (Lipinski definition) is 4. The second-order valence-electron chi connectivity index (χ2n) is 3.70. The molecule has 7 nitrogen and oxygen atoms in total. The van der Waals surface area contributed by atoms with Crippen LogP contribution in [0.25, 0.3) is 11.5 Å². The quantitative estimate of drug-likeness (QED) is 0.497. The highest BCUT2D eigenvalue weighted by Crippen LogP contribution is 2.31. The molecule has 1 unspecified atom stereocenters. The number of aliphatic hydroxyl groups excluding tert-OH is 1. The van der Waals surface area contributed by atoms with Gasteiger partial charge in [-0.3, -0.25) is 9.27 Å². The number of benzene rings is 1. The van der Waals surface area contributed by atoms with Crippen LogP contribution in [0.5, 0.6) is 0 Å². The van der Waals surface area contributed by atoms with Gasteiger partial charge in [0.25, 0.3) is 11.3 Å². The molecule has 0 aliphatic heterocycles. The Morgan fingerprint density at radius 1 is 1.55 bits per heavy atom. The molecule has 0 radical (unpaired) electrons. The van der Waals surface area contributed by atoms with E-state index in [1.807, 2.05) is 0 Å². The van der Waals surface area contributed by atoms with Crippen LogP contribution in [0.2, 0.25) is 5.02 Å². The average molecular weight is 316 g/mol. The Morgan fingerprint density at radius 2 is 2.30 bits per heavy atom. The van der Waals surface area contributed by atoms with Crippen molar-refractivity contribution in [2.24, 2.45) is 0 Å². The van der Waals surface area contributed by atoms with Crippen molar-refractivity contribution in [3.8, 4) is 11.5 Å². The summed E-state index contributed by atoms with van der Waals surface area (Å²) in [5.41, 5.74) is 0.871. The maximum absolute atomic E-state index is 10.9. The summed E-state index contributed by atoms with van der Waals surface area (Å²) >= 11 is 3.64. The van der Waals surface area contributed by atoms with Gasteiger partial charge in [0.1, 0.15) is 12.4 Å². The maximum Gasteiger partial charge on any atom is 0.259 e. The van der Waals surface area contributed by atoms with Crippen molar-refractivity contribution in [1.82, 2.24) is 4.98 Å². The number of nitrogens with one attached hydrogen (secondary N) is 2. The Kier molecular flexibility index (Phi) is 4.50. The molecule has 0 aliphatic rings. The van der Waals surface area contributed by atoms with E-state index < -0.39 is 11.3 Å². The summed E-state index contributed by atoms with van der Waals surface area (Å²) in [6, 6.07) is 2.93. The summed E-state index contributed by atoms with van der Waals surface area (Å²) in [4.78, 5) is 3.97. The molecule has 4 N–H and O–H groups in total. The lowest BCUT2D eigenvalue weighted by Crippen LogP contribution is -2.05. The van der Waals surface area contributed by atoms with Crippen molar-refractivity contribution in [2.45, 2.75) is 6.61 Å². The third kappa shape index (κ3) is 3.05. The highest BCUT2D eigenvalue weighted by Gasteiger charge is 2.16. The first-order chi connectivity index (χ1) is 9.55. The zero-order valence-corrected chi connectivity index (χ0v) is 11.5. The van der Waals surface area contributed by atoms with E-state index in [1.165, 1.54) is 18.3 Å². The number of aliphatic hydroxyl groups is 1. The van der Waals surface area contributed by atoms with E-state index >= 15 is 0 Å². The Bertz CT molecular complexity index is 674. The lowest BCUT2D eigenvalue weighted by atomic mass is 10.1. The third-order valence-corrected chi connectivity index (χ3v) is 3.04. The average Bonchev–Trinajstić information content (AvgIpc) is 2.86. The van der Waals surface area contributed by atoms with Gasteiger partial charge in [0.15, 0.2) is 0 Å². The molecule has 0 saturated heterocycles. The molecule has 20 heavy (non-hydrogen) atoms. The Labute approximate surface area is 121 Å². The zero-order chi connectivity index (χ0) is 14.7. The van der Waals surface area contributed by atoms with E-state index in [9.17, 15) is 4.21 Å². The van der Waals surface area contributed by atoms with Crippen LogP contribution in [-0.2, 0) is 17.9 Å². The van der Waals surface area contributed by atoms with E-state index in [0.29, 0.717) is 11.1 Å². The van der Waals surface area contributed by atoms with Gasteiger partial charge in [0, 0.05) is 22.4 Å². The monoisotopic (exact) mass is 315 g/mol. The molecule has 2 rings (SSSR count). The van der Waals surface area contributed by atoms with Crippen LogP contribution < -0.4 is 4.72 Å². The fourth-order valence-corrected chi connectivity index (χ4v) is 2.21. The molecule has 1 atom stereocenters. The third-order valence-electron chi connectivity index (χ3n) is 2.43. The van der Waals surface area contributed by atoms with E-state index in [4.69, 9.17) is 31.1 Å². The minimum absolute atomic E-state index is 0.154. The minimum atomic E-state index is -2.30. The van der Waals surface area contributed by atoms with Crippen LogP contribution in [0.15, 0.2) is 22.7 Å². The van der Waals surface area contributed by atoms with E-state index in [1.54, 1.807) is 0 Å². The van der Waals surface area contributed by atoms with Gasteiger partial charge >= 0.3 is 0 Å². The van der Waals surface area contributed by atoms with Gasteiger partial charge in [-0.05, 0) is 12.1 Å². The number of aromatic nitrogens is 1. The van der Waals surface area contributed by atoms with Gasteiger partial charge in [-0.15, -0.1) is 0 Å². The molecule has 0 fully saturated rings. The first-order valence-electron chi connectivity index (χ1n) is 5.32. The molecule has 0 saturated carbocycles. The predicted octanol–water partition coefficient (Wildman–Crippen LogP) is 2.03. The molecule has 0 amide bonds. The summed E-state index contributed by atoms with van der Waals surface area (Å²) in [6.45, 7) is -0.306. The summed E-state index contributed by atoms with van der Waals surface area (Å²) in [7, 11) is 0. The topological polar surface area (TPSA) is 119 Å². The summed E-state index contributed by atoms with van der Waals surface area (Å²) in [6.07, 6.45) is 2.34. The second kappa shape index (κ2) is 6.14. The molecule has 2 aromatic rings. The summed E-state index contributed by atoms with van der Waals surface area (Å²) < 4.78 is 27.3. The number of rotatable bonds is 5. The van der Waals surface area contributed by atoms with Gasteiger partial charge in [-0.2, -0.15) is 0 Å². The molecular weight excluding hydrogens is 306 g/mol. The molecule has 1 aromatic carbocycles. The van der Waals surface area contributed by atoms with Crippen LogP contribution in [-0.4, -0.2) is 25.1 Å². The fraction of sp³-hybridized carbons (Fsp3) is 0.0909. The van der Waals surface area contributed by atoms with Crippen LogP contribution in [0, 0.1) is 5.41 Å². The van der Waals surface area contributed by atoms with Crippen molar-refractivity contribution in [3.63, 3.8) is 0 Å². The number of halogens is 1. The second-order valence-corrected chi connectivity index (χ2v) is 4.84. The largest absolute Gasteiger partial charge is 0.439 e. The van der Waals surface area contributed by atoms with Crippen LogP contribution in [0.1, 0.15) is 11.3 Å². The number of nitrogens with zero attached hydrogens (tertiary/aromatic N) is 1. The molecule has 0 aliphatic carbocycles. The number of hydrogen-bond acceptors (Lipinski definition) is 5. The summed E-state index contributed by atoms with van der Waals surface area (Å²) in [5, 5.41) is 16.7. The van der Waals surface area contributed by atoms with Crippen molar-refractivity contribution in [2.75, 3.05) is 4.72 Å². The minimum Gasteiger partial charge on any atom is -0.439 e. The number of oxazole rings is 1. The van der Waals surface area contributed by atoms with Crippen LogP contribution in [0.4, 0.5) is 5.69 Å². The number of anilines is 1. The van der Waals surface area contributed by atoms with Crippen molar-refractivity contribution in [1.29, 1.82) is 5.41 Å². The SMILES string of the molecule is N=Cc1c(NS(=O)O)cc(Cl)cc1-c1ncc(CO)o1. The van der Waals surface area contributed by atoms with Crippen molar-refractivity contribution < 1.29 is 18.3 Å². The van der Waals surface area contributed by atoms with Gasteiger partial charge in [-0.25, -0.2) is 9.19 Å². The van der Waals surface area contributed by atoms with Crippen LogP contribution in [0.3, 0.4) is 0 Å². The Morgan fingerprint density at radius 3 is 2.85 bits per heavy atom. The molecule has 1 aromatic heterocycles. The maximum atomic E-state index is 10.9. The first-order valence-corrected chi connectivity index (χ1v) is 6.81. The molecule has 0 spiro atoms. The molecule has 1 heterocycles. The normalized spacial score (nSPS) is 12.2. The van der Waals surface area contributed by atoms with Crippen LogP contribution >= 0.6 is 11.6 Å².